The van der Waals surface area contributed by atoms with Gasteiger partial charge in [-0.05, 0) is 24.3 Å². The average Bonchev–Trinajstić information content (AvgIpc) is 3.11. The zero-order valence-electron chi connectivity index (χ0n) is 13.6. The number of nitro groups is 1. The number of nitro benzene ring substituents is 1. The summed E-state index contributed by atoms with van der Waals surface area (Å²) in [5.74, 6) is -2.33. The average molecular weight is 374 g/mol. The van der Waals surface area contributed by atoms with Crippen LogP contribution in [0.25, 0.3) is 0 Å². The summed E-state index contributed by atoms with van der Waals surface area (Å²) < 4.78 is 33.1. The zero-order valence-corrected chi connectivity index (χ0v) is 13.6. The normalized spacial score (nSPS) is 10.4. The van der Waals surface area contributed by atoms with E-state index in [0.29, 0.717) is 6.07 Å². The third-order valence-electron chi connectivity index (χ3n) is 3.47. The fourth-order valence-corrected chi connectivity index (χ4v) is 2.20. The third-order valence-corrected chi connectivity index (χ3v) is 3.47. The van der Waals surface area contributed by atoms with Crippen LogP contribution < -0.4 is 10.1 Å². The molecule has 0 fully saturated rings. The second-order valence-corrected chi connectivity index (χ2v) is 5.32. The molecular weight excluding hydrogens is 362 g/mol. The van der Waals surface area contributed by atoms with E-state index >= 15 is 0 Å². The highest BCUT2D eigenvalue weighted by atomic mass is 19.1. The number of halogens is 2. The summed E-state index contributed by atoms with van der Waals surface area (Å²) in [5.41, 5.74) is -0.425. The van der Waals surface area contributed by atoms with Gasteiger partial charge >= 0.3 is 5.69 Å². The number of rotatable bonds is 6. The molecule has 1 amide bonds. The molecule has 0 aliphatic carbocycles. The van der Waals surface area contributed by atoms with Gasteiger partial charge in [-0.2, -0.15) is 5.10 Å². The van der Waals surface area contributed by atoms with Gasteiger partial charge < -0.3 is 10.1 Å². The molecule has 1 heterocycles. The number of carbonyl (C=O) groups is 1. The maximum atomic E-state index is 13.6. The highest BCUT2D eigenvalue weighted by molar-refractivity contribution is 6.02. The lowest BCUT2D eigenvalue weighted by atomic mass is 10.3. The minimum atomic E-state index is -0.914. The number of ether oxygens (including phenoxy) is 1. The Morgan fingerprint density at radius 3 is 2.74 bits per heavy atom. The molecule has 27 heavy (non-hydrogen) atoms. The Bertz CT molecular complexity index is 1010. The Labute approximate surface area is 151 Å². The van der Waals surface area contributed by atoms with Crippen LogP contribution in [0.5, 0.6) is 5.75 Å². The zero-order chi connectivity index (χ0) is 19.4. The number of aromatic nitrogens is 2. The number of benzene rings is 2. The molecule has 10 heteroatoms. The summed E-state index contributed by atoms with van der Waals surface area (Å²) in [5, 5.41) is 17.2. The molecule has 3 aromatic rings. The summed E-state index contributed by atoms with van der Waals surface area (Å²) in [6.07, 6.45) is 1.42. The monoisotopic (exact) mass is 374 g/mol. The molecule has 2 aromatic carbocycles. The lowest BCUT2D eigenvalue weighted by Crippen LogP contribution is -2.15. The van der Waals surface area contributed by atoms with E-state index in [1.165, 1.54) is 35.1 Å². The van der Waals surface area contributed by atoms with Crippen molar-refractivity contribution < 1.29 is 23.2 Å². The summed E-state index contributed by atoms with van der Waals surface area (Å²) in [4.78, 5) is 22.5. The van der Waals surface area contributed by atoms with E-state index in [4.69, 9.17) is 4.74 Å². The van der Waals surface area contributed by atoms with Crippen LogP contribution in [0.15, 0.2) is 54.7 Å². The predicted molar refractivity (Wildman–Crippen MR) is 90.3 cm³/mol. The van der Waals surface area contributed by atoms with Crippen molar-refractivity contribution in [3.05, 3.63) is 82.2 Å². The van der Waals surface area contributed by atoms with Crippen LogP contribution in [0.1, 0.15) is 10.5 Å². The van der Waals surface area contributed by atoms with Gasteiger partial charge in [0.25, 0.3) is 5.91 Å². The van der Waals surface area contributed by atoms with Gasteiger partial charge in [0, 0.05) is 18.3 Å². The van der Waals surface area contributed by atoms with Crippen molar-refractivity contribution in [2.45, 2.75) is 6.73 Å². The largest absolute Gasteiger partial charge is 0.464 e. The Morgan fingerprint density at radius 1 is 1.22 bits per heavy atom. The molecule has 0 radical (unpaired) electrons. The summed E-state index contributed by atoms with van der Waals surface area (Å²) >= 11 is 0. The fraction of sp³-hybridized carbons (Fsp3) is 0.0588. The first-order chi connectivity index (χ1) is 12.9. The van der Waals surface area contributed by atoms with Crippen molar-refractivity contribution in [3.8, 4) is 5.75 Å². The molecule has 1 aromatic heterocycles. The smallest absolute Gasteiger partial charge is 0.311 e. The van der Waals surface area contributed by atoms with Gasteiger partial charge in [0.05, 0.1) is 10.6 Å². The van der Waals surface area contributed by atoms with Crippen LogP contribution in [0.2, 0.25) is 0 Å². The molecule has 3 rings (SSSR count). The van der Waals surface area contributed by atoms with E-state index in [0.717, 1.165) is 12.1 Å². The molecular formula is C17H12F2N4O4. The molecule has 0 aliphatic heterocycles. The number of nitrogens with one attached hydrogen (secondary N) is 1. The highest BCUT2D eigenvalue weighted by Crippen LogP contribution is 2.26. The maximum Gasteiger partial charge on any atom is 0.311 e. The number of hydrogen-bond acceptors (Lipinski definition) is 5. The predicted octanol–water partition coefficient (Wildman–Crippen LogP) is 3.36. The molecule has 138 valence electrons. The second-order valence-electron chi connectivity index (χ2n) is 5.32. The van der Waals surface area contributed by atoms with E-state index in [-0.39, 0.29) is 29.5 Å². The number of anilines is 1. The van der Waals surface area contributed by atoms with Crippen LogP contribution >= 0.6 is 0 Å². The molecule has 0 bridgehead atoms. The highest BCUT2D eigenvalue weighted by Gasteiger charge is 2.15. The van der Waals surface area contributed by atoms with Crippen molar-refractivity contribution in [2.75, 3.05) is 5.32 Å². The Morgan fingerprint density at radius 2 is 2.00 bits per heavy atom. The van der Waals surface area contributed by atoms with Crippen LogP contribution in [-0.4, -0.2) is 20.6 Å². The molecule has 0 spiro atoms. The van der Waals surface area contributed by atoms with Gasteiger partial charge in [-0.1, -0.05) is 12.1 Å². The van der Waals surface area contributed by atoms with Gasteiger partial charge in [0.15, 0.2) is 18.2 Å². The number of nitrogens with zero attached hydrogens (tertiary/aromatic N) is 3. The number of amides is 1. The SMILES string of the molecule is O=C(Nc1ccc(F)cc1F)c1ccn(COc2ccccc2[N+](=O)[O-])n1. The van der Waals surface area contributed by atoms with Gasteiger partial charge in [-0.3, -0.25) is 14.9 Å². The van der Waals surface area contributed by atoms with Crippen molar-refractivity contribution in [2.24, 2.45) is 0 Å². The van der Waals surface area contributed by atoms with Crippen molar-refractivity contribution in [1.29, 1.82) is 0 Å². The van der Waals surface area contributed by atoms with Gasteiger partial charge in [0.2, 0.25) is 0 Å². The van der Waals surface area contributed by atoms with Crippen molar-refractivity contribution in [3.63, 3.8) is 0 Å². The second kappa shape index (κ2) is 7.60. The van der Waals surface area contributed by atoms with Crippen LogP contribution in [-0.2, 0) is 6.73 Å². The van der Waals surface area contributed by atoms with Crippen molar-refractivity contribution in [1.82, 2.24) is 9.78 Å². The number of hydrogen-bond donors (Lipinski definition) is 1. The molecule has 1 N–H and O–H groups in total. The molecule has 0 aliphatic rings. The molecule has 0 atom stereocenters. The van der Waals surface area contributed by atoms with Gasteiger partial charge in [-0.25, -0.2) is 13.5 Å². The molecule has 0 unspecified atom stereocenters. The first-order valence-corrected chi connectivity index (χ1v) is 7.60. The molecule has 8 nitrogen and oxygen atoms in total. The van der Waals surface area contributed by atoms with Crippen LogP contribution in [0, 0.1) is 21.7 Å². The first-order valence-electron chi connectivity index (χ1n) is 7.60. The summed E-state index contributed by atoms with van der Waals surface area (Å²) in [6.45, 7) is -0.178. The third kappa shape index (κ3) is 4.24. The maximum absolute atomic E-state index is 13.6. The van der Waals surface area contributed by atoms with Gasteiger partial charge in [-0.15, -0.1) is 0 Å². The van der Waals surface area contributed by atoms with E-state index in [9.17, 15) is 23.7 Å². The van der Waals surface area contributed by atoms with Crippen LogP contribution in [0.4, 0.5) is 20.2 Å². The Hall–Kier alpha value is -3.82. The lowest BCUT2D eigenvalue weighted by molar-refractivity contribution is -0.386. The minimum absolute atomic E-state index is 0.0371. The first kappa shape index (κ1) is 18.0. The van der Waals surface area contributed by atoms with E-state index in [2.05, 4.69) is 10.4 Å². The number of para-hydroxylation sites is 2. The standard InChI is InChI=1S/C17H12F2N4O4/c18-11-5-6-13(12(19)9-11)20-17(24)14-7-8-22(21-14)10-27-16-4-2-1-3-15(16)23(25)26/h1-9H,10H2,(H,20,24). The quantitative estimate of drug-likeness (QED) is 0.527. The lowest BCUT2D eigenvalue weighted by Gasteiger charge is -2.07. The van der Waals surface area contributed by atoms with E-state index < -0.39 is 22.5 Å². The molecule has 0 saturated carbocycles. The Balaban J connectivity index is 1.66. The minimum Gasteiger partial charge on any atom is -0.464 e. The Kier molecular flexibility index (Phi) is 5.06. The van der Waals surface area contributed by atoms with Crippen LogP contribution in [0.3, 0.4) is 0 Å². The molecule has 0 saturated heterocycles. The fourth-order valence-electron chi connectivity index (χ4n) is 2.20. The van der Waals surface area contributed by atoms with Crippen molar-refractivity contribution >= 4 is 17.3 Å². The number of carbonyl (C=O) groups excluding carboxylic acids is 1. The van der Waals surface area contributed by atoms with E-state index in [1.807, 2.05) is 0 Å². The van der Waals surface area contributed by atoms with Gasteiger partial charge in [0.1, 0.15) is 11.6 Å². The summed E-state index contributed by atoms with van der Waals surface area (Å²) in [7, 11) is 0. The summed E-state index contributed by atoms with van der Waals surface area (Å²) in [6, 6.07) is 9.95. The topological polar surface area (TPSA) is 99.3 Å². The van der Waals surface area contributed by atoms with E-state index in [1.54, 1.807) is 6.07 Å².